The molecule has 0 saturated carbocycles. The van der Waals surface area contributed by atoms with Crippen molar-refractivity contribution in [3.8, 4) is 0 Å². The van der Waals surface area contributed by atoms with Gasteiger partial charge in [0, 0.05) is 23.3 Å². The van der Waals surface area contributed by atoms with Crippen molar-refractivity contribution in [3.63, 3.8) is 0 Å². The summed E-state index contributed by atoms with van der Waals surface area (Å²) in [5.41, 5.74) is 2.10. The first-order chi connectivity index (χ1) is 12.0. The number of aliphatic hydroxyl groups is 1. The molecule has 1 atom stereocenters. The van der Waals surface area contributed by atoms with E-state index in [9.17, 15) is 5.11 Å². The highest BCUT2D eigenvalue weighted by Gasteiger charge is 2.14. The molecule has 0 fully saturated rings. The van der Waals surface area contributed by atoms with Crippen LogP contribution < -0.4 is 4.90 Å². The van der Waals surface area contributed by atoms with E-state index in [4.69, 9.17) is 11.6 Å². The Kier molecular flexibility index (Phi) is 5.62. The van der Waals surface area contributed by atoms with Gasteiger partial charge in [0.25, 0.3) is 0 Å². The Hall–Kier alpha value is -2.03. The minimum atomic E-state index is -0.474. The van der Waals surface area contributed by atoms with Crippen LogP contribution in [0, 0.1) is 0 Å². The molecular formula is C22H24ClNO. The summed E-state index contributed by atoms with van der Waals surface area (Å²) in [5.74, 6) is 0. The Morgan fingerprint density at radius 2 is 1.60 bits per heavy atom. The zero-order valence-electron chi connectivity index (χ0n) is 14.7. The van der Waals surface area contributed by atoms with Gasteiger partial charge in [0.1, 0.15) is 0 Å². The van der Waals surface area contributed by atoms with Crippen LogP contribution in [-0.2, 0) is 0 Å². The minimum Gasteiger partial charge on any atom is -0.388 e. The van der Waals surface area contributed by atoms with Gasteiger partial charge < -0.3 is 10.0 Å². The summed E-state index contributed by atoms with van der Waals surface area (Å²) in [6.45, 7) is 5.11. The summed E-state index contributed by atoms with van der Waals surface area (Å²) in [4.78, 5) is 2.29. The molecule has 0 heterocycles. The Bertz CT molecular complexity index is 829. The quantitative estimate of drug-likeness (QED) is 0.602. The number of hydrogen-bond acceptors (Lipinski definition) is 2. The zero-order chi connectivity index (χ0) is 17.8. The minimum absolute atomic E-state index is 0.352. The molecule has 2 nitrogen and oxygen atoms in total. The lowest BCUT2D eigenvalue weighted by Gasteiger charge is -2.30. The van der Waals surface area contributed by atoms with E-state index in [0.717, 1.165) is 28.2 Å². The first-order valence-corrected chi connectivity index (χ1v) is 9.11. The summed E-state index contributed by atoms with van der Waals surface area (Å²) in [7, 11) is 0. The van der Waals surface area contributed by atoms with E-state index in [1.54, 1.807) is 0 Å². The molecule has 0 bridgehead atoms. The van der Waals surface area contributed by atoms with Gasteiger partial charge >= 0.3 is 0 Å². The number of fused-ring (bicyclic) bond motifs is 1. The second-order valence-corrected chi connectivity index (χ2v) is 7.11. The molecule has 3 rings (SSSR count). The zero-order valence-corrected chi connectivity index (χ0v) is 15.4. The van der Waals surface area contributed by atoms with Crippen molar-refractivity contribution in [2.45, 2.75) is 32.4 Å². The lowest BCUT2D eigenvalue weighted by atomic mass is 10.0. The number of rotatable bonds is 6. The molecule has 0 aliphatic rings. The average Bonchev–Trinajstić information content (AvgIpc) is 2.62. The van der Waals surface area contributed by atoms with E-state index in [1.165, 1.54) is 5.39 Å². The summed E-state index contributed by atoms with van der Waals surface area (Å²) >= 11 is 5.99. The third kappa shape index (κ3) is 4.33. The Morgan fingerprint density at radius 3 is 2.28 bits per heavy atom. The van der Waals surface area contributed by atoms with Gasteiger partial charge in [-0.3, -0.25) is 0 Å². The van der Waals surface area contributed by atoms with Crippen LogP contribution in [0.2, 0.25) is 5.02 Å². The maximum atomic E-state index is 10.7. The number of hydrogen-bond donors (Lipinski definition) is 1. The largest absolute Gasteiger partial charge is 0.388 e. The van der Waals surface area contributed by atoms with Gasteiger partial charge in [0.2, 0.25) is 0 Å². The molecule has 0 aliphatic carbocycles. The van der Waals surface area contributed by atoms with Crippen molar-refractivity contribution in [1.29, 1.82) is 0 Å². The van der Waals surface area contributed by atoms with Crippen molar-refractivity contribution >= 4 is 28.1 Å². The van der Waals surface area contributed by atoms with Crippen molar-refractivity contribution in [2.75, 3.05) is 11.4 Å². The van der Waals surface area contributed by atoms with Gasteiger partial charge in [0.05, 0.1) is 6.10 Å². The standard InChI is InChI=1S/C22H24ClNO/c1-16(2)24(21-11-9-20(23)10-12-21)14-13-22(25)19-8-7-17-5-3-4-6-18(17)15-19/h3-12,15-16,22,25H,13-14H2,1-2H3. The first kappa shape index (κ1) is 17.8. The Balaban J connectivity index is 1.72. The molecule has 3 aromatic carbocycles. The maximum Gasteiger partial charge on any atom is 0.0807 e. The molecule has 0 amide bonds. The van der Waals surface area contributed by atoms with E-state index >= 15 is 0 Å². The molecule has 3 heteroatoms. The van der Waals surface area contributed by atoms with Gasteiger partial charge in [-0.05, 0) is 66.9 Å². The third-order valence-corrected chi connectivity index (χ3v) is 4.84. The van der Waals surface area contributed by atoms with Gasteiger partial charge in [-0.15, -0.1) is 0 Å². The summed E-state index contributed by atoms with van der Waals surface area (Å²) in [5, 5.41) is 13.8. The average molecular weight is 354 g/mol. The van der Waals surface area contributed by atoms with E-state index in [-0.39, 0.29) is 0 Å². The molecule has 0 saturated heterocycles. The lowest BCUT2D eigenvalue weighted by Crippen LogP contribution is -2.32. The van der Waals surface area contributed by atoms with Crippen LogP contribution >= 0.6 is 11.6 Å². The smallest absolute Gasteiger partial charge is 0.0807 e. The molecule has 3 aromatic rings. The predicted molar refractivity (Wildman–Crippen MR) is 107 cm³/mol. The second kappa shape index (κ2) is 7.90. The molecule has 0 aromatic heterocycles. The summed E-state index contributed by atoms with van der Waals surface area (Å²) < 4.78 is 0. The van der Waals surface area contributed by atoms with Crippen LogP contribution in [0.25, 0.3) is 10.8 Å². The Morgan fingerprint density at radius 1 is 0.920 bits per heavy atom. The first-order valence-electron chi connectivity index (χ1n) is 8.73. The molecule has 1 N–H and O–H groups in total. The van der Waals surface area contributed by atoms with Gasteiger partial charge in [-0.2, -0.15) is 0 Å². The fourth-order valence-electron chi connectivity index (χ4n) is 3.16. The van der Waals surface area contributed by atoms with Crippen molar-refractivity contribution in [2.24, 2.45) is 0 Å². The number of anilines is 1. The van der Waals surface area contributed by atoms with E-state index < -0.39 is 6.10 Å². The predicted octanol–water partition coefficient (Wildman–Crippen LogP) is 5.83. The highest BCUT2D eigenvalue weighted by Crippen LogP contribution is 2.25. The van der Waals surface area contributed by atoms with E-state index in [2.05, 4.69) is 43.0 Å². The topological polar surface area (TPSA) is 23.5 Å². The third-order valence-electron chi connectivity index (χ3n) is 4.58. The van der Waals surface area contributed by atoms with Crippen molar-refractivity contribution < 1.29 is 5.11 Å². The van der Waals surface area contributed by atoms with Gasteiger partial charge in [0.15, 0.2) is 0 Å². The van der Waals surface area contributed by atoms with E-state index in [1.807, 2.05) is 42.5 Å². The number of halogens is 1. The number of benzene rings is 3. The molecule has 1 unspecified atom stereocenters. The van der Waals surface area contributed by atoms with Crippen LogP contribution in [0.15, 0.2) is 66.7 Å². The molecule has 25 heavy (non-hydrogen) atoms. The molecule has 0 spiro atoms. The van der Waals surface area contributed by atoms with Crippen LogP contribution in [0.5, 0.6) is 0 Å². The fourth-order valence-corrected chi connectivity index (χ4v) is 3.29. The normalized spacial score (nSPS) is 12.5. The maximum absolute atomic E-state index is 10.7. The SMILES string of the molecule is CC(C)N(CCC(O)c1ccc2ccccc2c1)c1ccc(Cl)cc1. The van der Waals surface area contributed by atoms with Crippen LogP contribution in [-0.4, -0.2) is 17.7 Å². The molecule has 0 radical (unpaired) electrons. The molecular weight excluding hydrogens is 330 g/mol. The van der Waals surface area contributed by atoms with Crippen LogP contribution in [0.1, 0.15) is 31.9 Å². The number of nitrogens with zero attached hydrogens (tertiary/aromatic N) is 1. The molecule has 130 valence electrons. The van der Waals surface area contributed by atoms with Gasteiger partial charge in [-0.25, -0.2) is 0 Å². The highest BCUT2D eigenvalue weighted by atomic mass is 35.5. The summed E-state index contributed by atoms with van der Waals surface area (Å²) in [6, 6.07) is 22.7. The lowest BCUT2D eigenvalue weighted by molar-refractivity contribution is 0.169. The van der Waals surface area contributed by atoms with E-state index in [0.29, 0.717) is 12.5 Å². The van der Waals surface area contributed by atoms with Crippen molar-refractivity contribution in [3.05, 3.63) is 77.3 Å². The van der Waals surface area contributed by atoms with Crippen LogP contribution in [0.3, 0.4) is 0 Å². The molecule has 0 aliphatic heterocycles. The second-order valence-electron chi connectivity index (χ2n) is 6.67. The number of aliphatic hydroxyl groups excluding tert-OH is 1. The Labute approximate surface area is 154 Å². The summed E-state index contributed by atoms with van der Waals surface area (Å²) in [6.07, 6.45) is 0.206. The van der Waals surface area contributed by atoms with Crippen LogP contribution in [0.4, 0.5) is 5.69 Å². The van der Waals surface area contributed by atoms with Crippen molar-refractivity contribution in [1.82, 2.24) is 0 Å². The van der Waals surface area contributed by atoms with Gasteiger partial charge in [-0.1, -0.05) is 48.0 Å². The monoisotopic (exact) mass is 353 g/mol. The highest BCUT2D eigenvalue weighted by molar-refractivity contribution is 6.30. The fraction of sp³-hybridized carbons (Fsp3) is 0.273.